The lowest BCUT2D eigenvalue weighted by Crippen LogP contribution is -2.40. The summed E-state index contributed by atoms with van der Waals surface area (Å²) in [4.78, 5) is 14.9. The number of likely N-dealkylation sites (N-methyl/N-ethyl adjacent to an activating group) is 1. The number of benzene rings is 2. The van der Waals surface area contributed by atoms with Crippen molar-refractivity contribution in [2.45, 2.75) is 10.9 Å². The Kier molecular flexibility index (Phi) is 7.66. The quantitative estimate of drug-likeness (QED) is 0.663. The number of carbonyl (C=O) groups excluding carboxylic acids is 1. The van der Waals surface area contributed by atoms with Crippen LogP contribution in [-0.2, 0) is 14.8 Å². The Morgan fingerprint density at radius 3 is 2.45 bits per heavy atom. The summed E-state index contributed by atoms with van der Waals surface area (Å²) < 4.78 is 37.6. The highest BCUT2D eigenvalue weighted by Gasteiger charge is 2.27. The molecule has 1 aliphatic heterocycles. The van der Waals surface area contributed by atoms with Crippen molar-refractivity contribution in [2.24, 2.45) is 0 Å². The van der Waals surface area contributed by atoms with Gasteiger partial charge in [0.1, 0.15) is 5.75 Å². The number of nitrogens with zero attached hydrogens (tertiary/aromatic N) is 2. The summed E-state index contributed by atoms with van der Waals surface area (Å²) in [5, 5.41) is 2.93. The highest BCUT2D eigenvalue weighted by Crippen LogP contribution is 2.22. The van der Waals surface area contributed by atoms with Crippen molar-refractivity contribution in [2.75, 3.05) is 54.1 Å². The number of amides is 1. The molecule has 9 heteroatoms. The van der Waals surface area contributed by atoms with Crippen molar-refractivity contribution in [3.05, 3.63) is 59.7 Å². The van der Waals surface area contributed by atoms with Crippen LogP contribution in [0, 0.1) is 0 Å². The zero-order valence-corrected chi connectivity index (χ0v) is 18.9. The number of hydrogen-bond donors (Lipinski definition) is 1. The van der Waals surface area contributed by atoms with Crippen molar-refractivity contribution in [1.82, 2.24) is 14.5 Å². The molecule has 1 heterocycles. The molecule has 1 atom stereocenters. The van der Waals surface area contributed by atoms with Gasteiger partial charge in [-0.3, -0.25) is 4.79 Å². The Labute approximate surface area is 183 Å². The maximum Gasteiger partial charge on any atom is 0.251 e. The Bertz CT molecular complexity index is 986. The standard InChI is InChI=1S/C22H29N3O5S/c1-24(2)21(17-7-9-19(29-3)10-8-17)16-23-22(26)18-5-4-6-20(15-18)31(27,28)25-11-13-30-14-12-25/h4-10,15,21H,11-14,16H2,1-3H3,(H,23,26). The van der Waals surface area contributed by atoms with E-state index < -0.39 is 10.0 Å². The van der Waals surface area contributed by atoms with E-state index in [4.69, 9.17) is 9.47 Å². The third-order valence-electron chi connectivity index (χ3n) is 5.28. The molecule has 1 amide bonds. The number of morpholine rings is 1. The van der Waals surface area contributed by atoms with E-state index in [0.29, 0.717) is 38.4 Å². The second-order valence-electron chi connectivity index (χ2n) is 7.51. The smallest absolute Gasteiger partial charge is 0.251 e. The summed E-state index contributed by atoms with van der Waals surface area (Å²) >= 11 is 0. The number of sulfonamides is 1. The topological polar surface area (TPSA) is 88.2 Å². The molecule has 2 aromatic rings. The first kappa shape index (κ1) is 23.2. The summed E-state index contributed by atoms with van der Waals surface area (Å²) in [6.07, 6.45) is 0. The summed E-state index contributed by atoms with van der Waals surface area (Å²) in [5.41, 5.74) is 1.34. The molecule has 31 heavy (non-hydrogen) atoms. The van der Waals surface area contributed by atoms with Gasteiger partial charge in [-0.1, -0.05) is 18.2 Å². The average Bonchev–Trinajstić information content (AvgIpc) is 2.80. The van der Waals surface area contributed by atoms with Crippen LogP contribution in [0.5, 0.6) is 5.75 Å². The van der Waals surface area contributed by atoms with Gasteiger partial charge in [0.2, 0.25) is 10.0 Å². The van der Waals surface area contributed by atoms with E-state index in [-0.39, 0.29) is 16.8 Å². The highest BCUT2D eigenvalue weighted by atomic mass is 32.2. The Balaban J connectivity index is 1.71. The summed E-state index contributed by atoms with van der Waals surface area (Å²) in [7, 11) is 1.84. The first-order valence-electron chi connectivity index (χ1n) is 10.1. The molecule has 0 aliphatic carbocycles. The SMILES string of the molecule is COc1ccc(C(CNC(=O)c2cccc(S(=O)(=O)N3CCOCC3)c2)N(C)C)cc1. The molecule has 0 spiro atoms. The van der Waals surface area contributed by atoms with Crippen LogP contribution < -0.4 is 10.1 Å². The minimum atomic E-state index is -3.66. The molecule has 2 aromatic carbocycles. The molecule has 1 aliphatic rings. The normalized spacial score (nSPS) is 16.1. The number of carbonyl (C=O) groups is 1. The maximum atomic E-state index is 12.9. The molecular weight excluding hydrogens is 418 g/mol. The molecule has 1 N–H and O–H groups in total. The van der Waals surface area contributed by atoms with Gasteiger partial charge in [0.25, 0.3) is 5.91 Å². The van der Waals surface area contributed by atoms with Crippen LogP contribution in [0.1, 0.15) is 22.0 Å². The fourth-order valence-corrected chi connectivity index (χ4v) is 4.90. The molecule has 0 saturated carbocycles. The number of nitrogens with one attached hydrogen (secondary N) is 1. The van der Waals surface area contributed by atoms with Gasteiger partial charge in [0.05, 0.1) is 31.3 Å². The van der Waals surface area contributed by atoms with Crippen LogP contribution in [-0.4, -0.2) is 77.6 Å². The van der Waals surface area contributed by atoms with E-state index >= 15 is 0 Å². The highest BCUT2D eigenvalue weighted by molar-refractivity contribution is 7.89. The van der Waals surface area contributed by atoms with Crippen LogP contribution in [0.2, 0.25) is 0 Å². The average molecular weight is 448 g/mol. The molecule has 168 valence electrons. The fraction of sp³-hybridized carbons (Fsp3) is 0.409. The van der Waals surface area contributed by atoms with Crippen LogP contribution >= 0.6 is 0 Å². The number of ether oxygens (including phenoxy) is 2. The lowest BCUT2D eigenvalue weighted by molar-refractivity contribution is 0.0730. The van der Waals surface area contributed by atoms with E-state index in [1.165, 1.54) is 16.4 Å². The van der Waals surface area contributed by atoms with Gasteiger partial charge in [-0.25, -0.2) is 8.42 Å². The molecule has 0 radical (unpaired) electrons. The van der Waals surface area contributed by atoms with Gasteiger partial charge >= 0.3 is 0 Å². The Hall–Kier alpha value is -2.46. The second kappa shape index (κ2) is 10.2. The molecule has 1 saturated heterocycles. The van der Waals surface area contributed by atoms with Crippen LogP contribution in [0.15, 0.2) is 53.4 Å². The Morgan fingerprint density at radius 2 is 1.84 bits per heavy atom. The fourth-order valence-electron chi connectivity index (χ4n) is 3.45. The molecule has 8 nitrogen and oxygen atoms in total. The van der Waals surface area contributed by atoms with Crippen molar-refractivity contribution >= 4 is 15.9 Å². The predicted octanol–water partition coefficient (Wildman–Crippen LogP) is 1.75. The van der Waals surface area contributed by atoms with E-state index in [0.717, 1.165) is 11.3 Å². The predicted molar refractivity (Wildman–Crippen MR) is 118 cm³/mol. The van der Waals surface area contributed by atoms with E-state index in [1.54, 1.807) is 19.2 Å². The molecule has 0 bridgehead atoms. The van der Waals surface area contributed by atoms with Crippen LogP contribution in [0.3, 0.4) is 0 Å². The molecule has 3 rings (SSSR count). The lowest BCUT2D eigenvalue weighted by Gasteiger charge is -2.26. The molecule has 1 fully saturated rings. The second-order valence-corrected chi connectivity index (χ2v) is 9.44. The van der Waals surface area contributed by atoms with Crippen LogP contribution in [0.25, 0.3) is 0 Å². The number of hydrogen-bond acceptors (Lipinski definition) is 6. The molecular formula is C22H29N3O5S. The molecule has 1 unspecified atom stereocenters. The summed E-state index contributed by atoms with van der Waals surface area (Å²) in [6.45, 7) is 1.74. The first-order chi connectivity index (χ1) is 14.8. The molecule has 0 aromatic heterocycles. The van der Waals surface area contributed by atoms with Gasteiger partial charge in [0, 0.05) is 25.2 Å². The summed E-state index contributed by atoms with van der Waals surface area (Å²) in [5.74, 6) is 0.447. The van der Waals surface area contributed by atoms with Gasteiger partial charge < -0.3 is 19.7 Å². The van der Waals surface area contributed by atoms with E-state index in [1.807, 2.05) is 43.3 Å². The van der Waals surface area contributed by atoms with E-state index in [9.17, 15) is 13.2 Å². The largest absolute Gasteiger partial charge is 0.497 e. The minimum absolute atomic E-state index is 0.0462. The van der Waals surface area contributed by atoms with Gasteiger partial charge in [-0.2, -0.15) is 4.31 Å². The maximum absolute atomic E-state index is 12.9. The van der Waals surface area contributed by atoms with Crippen molar-refractivity contribution in [3.8, 4) is 5.75 Å². The van der Waals surface area contributed by atoms with Crippen molar-refractivity contribution < 1.29 is 22.7 Å². The first-order valence-corrected chi connectivity index (χ1v) is 11.5. The summed E-state index contributed by atoms with van der Waals surface area (Å²) in [6, 6.07) is 13.8. The van der Waals surface area contributed by atoms with E-state index in [2.05, 4.69) is 5.32 Å². The monoisotopic (exact) mass is 447 g/mol. The number of methoxy groups -OCH3 is 1. The number of rotatable bonds is 8. The third-order valence-corrected chi connectivity index (χ3v) is 7.18. The lowest BCUT2D eigenvalue weighted by atomic mass is 10.1. The van der Waals surface area contributed by atoms with Gasteiger partial charge in [-0.15, -0.1) is 0 Å². The van der Waals surface area contributed by atoms with Crippen molar-refractivity contribution in [3.63, 3.8) is 0 Å². The van der Waals surface area contributed by atoms with Gasteiger partial charge in [0.15, 0.2) is 0 Å². The Morgan fingerprint density at radius 1 is 1.16 bits per heavy atom. The minimum Gasteiger partial charge on any atom is -0.497 e. The van der Waals surface area contributed by atoms with Crippen LogP contribution in [0.4, 0.5) is 0 Å². The third kappa shape index (κ3) is 5.62. The zero-order chi connectivity index (χ0) is 22.4. The van der Waals surface area contributed by atoms with Crippen molar-refractivity contribution in [1.29, 1.82) is 0 Å². The van der Waals surface area contributed by atoms with Gasteiger partial charge in [-0.05, 0) is 50.0 Å². The zero-order valence-electron chi connectivity index (χ0n) is 18.1.